The average Bonchev–Trinajstić information content (AvgIpc) is 2.60. The molecule has 0 saturated heterocycles. The molecule has 0 aliphatic carbocycles. The number of esters is 1. The molecule has 1 atom stereocenters. The molecule has 1 aromatic carbocycles. The van der Waals surface area contributed by atoms with Gasteiger partial charge in [-0.25, -0.2) is 9.59 Å². The summed E-state index contributed by atoms with van der Waals surface area (Å²) in [5.41, 5.74) is 1.48. The van der Waals surface area contributed by atoms with Crippen molar-refractivity contribution in [3.63, 3.8) is 0 Å². The van der Waals surface area contributed by atoms with Crippen molar-refractivity contribution in [2.75, 3.05) is 20.8 Å². The van der Waals surface area contributed by atoms with Crippen molar-refractivity contribution in [1.29, 1.82) is 0 Å². The Bertz CT molecular complexity index is 684. The maximum absolute atomic E-state index is 12.6. The normalized spacial score (nSPS) is 16.8. The molecule has 2 amide bonds. The van der Waals surface area contributed by atoms with E-state index in [4.69, 9.17) is 14.2 Å². The molecule has 136 valence electrons. The lowest BCUT2D eigenvalue weighted by Gasteiger charge is -2.29. The molecule has 0 radical (unpaired) electrons. The van der Waals surface area contributed by atoms with Crippen molar-refractivity contribution in [2.24, 2.45) is 0 Å². The highest BCUT2D eigenvalue weighted by Gasteiger charge is 2.34. The van der Waals surface area contributed by atoms with Crippen LogP contribution in [0.15, 0.2) is 29.5 Å². The van der Waals surface area contributed by atoms with E-state index in [1.165, 1.54) is 7.11 Å². The first-order chi connectivity index (χ1) is 12.0. The fraction of sp³-hybridized carbons (Fsp3) is 0.444. The van der Waals surface area contributed by atoms with Gasteiger partial charge in [0.25, 0.3) is 0 Å². The summed E-state index contributed by atoms with van der Waals surface area (Å²) in [6, 6.07) is 4.18. The minimum absolute atomic E-state index is 0.340. The number of rotatable bonds is 7. The molecule has 1 aliphatic heterocycles. The fourth-order valence-electron chi connectivity index (χ4n) is 2.64. The summed E-state index contributed by atoms with van der Waals surface area (Å²) in [6.07, 6.45) is 1.71. The van der Waals surface area contributed by atoms with Gasteiger partial charge in [0, 0.05) is 17.3 Å². The van der Waals surface area contributed by atoms with E-state index in [-0.39, 0.29) is 6.03 Å². The summed E-state index contributed by atoms with van der Waals surface area (Å²) < 4.78 is 16.0. The Balaban J connectivity index is 2.40. The minimum Gasteiger partial charge on any atom is -0.497 e. The second-order valence-corrected chi connectivity index (χ2v) is 5.67. The molecule has 0 bridgehead atoms. The van der Waals surface area contributed by atoms with E-state index in [0.29, 0.717) is 34.9 Å². The van der Waals surface area contributed by atoms with Gasteiger partial charge in [-0.1, -0.05) is 13.3 Å². The first-order valence-corrected chi connectivity index (χ1v) is 8.19. The molecule has 0 aromatic heterocycles. The molecule has 2 rings (SSSR count). The molecule has 0 saturated carbocycles. The van der Waals surface area contributed by atoms with E-state index in [1.54, 1.807) is 32.2 Å². The van der Waals surface area contributed by atoms with E-state index in [9.17, 15) is 9.59 Å². The van der Waals surface area contributed by atoms with Crippen LogP contribution in [-0.2, 0) is 9.53 Å². The molecule has 1 heterocycles. The van der Waals surface area contributed by atoms with Crippen LogP contribution in [0.1, 0.15) is 38.3 Å². The number of hydrogen-bond donors (Lipinski definition) is 2. The zero-order chi connectivity index (χ0) is 18.4. The molecular formula is C18H24N2O5. The van der Waals surface area contributed by atoms with Crippen LogP contribution in [0.2, 0.25) is 0 Å². The molecule has 1 aromatic rings. The molecule has 2 N–H and O–H groups in total. The Hall–Kier alpha value is -2.70. The number of amides is 2. The minimum atomic E-state index is -0.663. The van der Waals surface area contributed by atoms with E-state index in [0.717, 1.165) is 12.8 Å². The predicted octanol–water partition coefficient (Wildman–Crippen LogP) is 2.68. The molecule has 0 fully saturated rings. The number of ether oxygens (including phenoxy) is 3. The first kappa shape index (κ1) is 18.6. The summed E-state index contributed by atoms with van der Waals surface area (Å²) in [4.78, 5) is 24.5. The monoisotopic (exact) mass is 348 g/mol. The Kier molecular flexibility index (Phi) is 6.27. The second-order valence-electron chi connectivity index (χ2n) is 5.67. The molecule has 7 nitrogen and oxygen atoms in total. The standard InChI is InChI=1S/C18H24N2O5/c1-5-6-9-25-17(21)15-11(2)19-18(22)20-16(15)13-8-7-12(23-3)10-14(13)24-4/h7-8,10,16H,5-6,9H2,1-4H3,(H2,19,20,22)/t16-/m0/s1. The number of unbranched alkanes of at least 4 members (excludes halogenated alkanes) is 1. The molecule has 0 unspecified atom stereocenters. The first-order valence-electron chi connectivity index (χ1n) is 8.19. The third kappa shape index (κ3) is 4.23. The highest BCUT2D eigenvalue weighted by Crippen LogP contribution is 2.35. The zero-order valence-corrected chi connectivity index (χ0v) is 15.0. The van der Waals surface area contributed by atoms with Gasteiger partial charge in [0.05, 0.1) is 32.4 Å². The number of methoxy groups -OCH3 is 2. The SMILES string of the molecule is CCCCOC(=O)C1=C(C)NC(=O)N[C@H]1c1ccc(OC)cc1OC. The van der Waals surface area contributed by atoms with Gasteiger partial charge in [-0.2, -0.15) is 0 Å². The van der Waals surface area contributed by atoms with Gasteiger partial charge in [-0.3, -0.25) is 0 Å². The van der Waals surface area contributed by atoms with Gasteiger partial charge in [0.15, 0.2) is 0 Å². The molecular weight excluding hydrogens is 324 g/mol. The van der Waals surface area contributed by atoms with Gasteiger partial charge in [-0.05, 0) is 25.5 Å². The number of benzene rings is 1. The van der Waals surface area contributed by atoms with E-state index < -0.39 is 12.0 Å². The average molecular weight is 348 g/mol. The largest absolute Gasteiger partial charge is 0.497 e. The Morgan fingerprint density at radius 2 is 2.00 bits per heavy atom. The van der Waals surface area contributed by atoms with E-state index in [1.807, 2.05) is 6.92 Å². The van der Waals surface area contributed by atoms with Crippen molar-refractivity contribution in [3.8, 4) is 11.5 Å². The van der Waals surface area contributed by atoms with Crippen LogP contribution in [0, 0.1) is 0 Å². The van der Waals surface area contributed by atoms with Crippen LogP contribution in [-0.4, -0.2) is 32.8 Å². The maximum atomic E-state index is 12.6. The smallest absolute Gasteiger partial charge is 0.338 e. The Morgan fingerprint density at radius 3 is 2.64 bits per heavy atom. The summed E-state index contributed by atoms with van der Waals surface area (Å²) in [5, 5.41) is 5.39. The number of urea groups is 1. The van der Waals surface area contributed by atoms with Gasteiger partial charge in [0.1, 0.15) is 11.5 Å². The van der Waals surface area contributed by atoms with Crippen molar-refractivity contribution >= 4 is 12.0 Å². The van der Waals surface area contributed by atoms with Gasteiger partial charge in [0.2, 0.25) is 0 Å². The van der Waals surface area contributed by atoms with E-state index >= 15 is 0 Å². The highest BCUT2D eigenvalue weighted by molar-refractivity contribution is 5.95. The zero-order valence-electron chi connectivity index (χ0n) is 15.0. The fourth-order valence-corrected chi connectivity index (χ4v) is 2.64. The topological polar surface area (TPSA) is 85.9 Å². The molecule has 25 heavy (non-hydrogen) atoms. The van der Waals surface area contributed by atoms with Crippen molar-refractivity contribution in [2.45, 2.75) is 32.7 Å². The van der Waals surface area contributed by atoms with Crippen LogP contribution in [0.5, 0.6) is 11.5 Å². The molecule has 7 heteroatoms. The number of carbonyl (C=O) groups is 2. The molecule has 1 aliphatic rings. The van der Waals surface area contributed by atoms with Crippen LogP contribution < -0.4 is 20.1 Å². The summed E-state index contributed by atoms with van der Waals surface area (Å²) >= 11 is 0. The Labute approximate surface area is 147 Å². The summed E-state index contributed by atoms with van der Waals surface area (Å²) in [6.45, 7) is 4.04. The van der Waals surface area contributed by atoms with E-state index in [2.05, 4.69) is 10.6 Å². The lowest BCUT2D eigenvalue weighted by molar-refractivity contribution is -0.139. The number of hydrogen-bond acceptors (Lipinski definition) is 5. The van der Waals surface area contributed by atoms with Crippen LogP contribution >= 0.6 is 0 Å². The maximum Gasteiger partial charge on any atom is 0.338 e. The number of allylic oxidation sites excluding steroid dienone is 1. The predicted molar refractivity (Wildman–Crippen MR) is 92.5 cm³/mol. The van der Waals surface area contributed by atoms with Crippen LogP contribution in [0.4, 0.5) is 4.79 Å². The Morgan fingerprint density at radius 1 is 1.24 bits per heavy atom. The van der Waals surface area contributed by atoms with Crippen molar-refractivity contribution in [1.82, 2.24) is 10.6 Å². The van der Waals surface area contributed by atoms with Crippen LogP contribution in [0.3, 0.4) is 0 Å². The van der Waals surface area contributed by atoms with Crippen LogP contribution in [0.25, 0.3) is 0 Å². The lowest BCUT2D eigenvalue weighted by atomic mass is 9.94. The van der Waals surface area contributed by atoms with Crippen molar-refractivity contribution < 1.29 is 23.8 Å². The lowest BCUT2D eigenvalue weighted by Crippen LogP contribution is -2.45. The highest BCUT2D eigenvalue weighted by atomic mass is 16.5. The summed E-state index contributed by atoms with van der Waals surface area (Å²) in [7, 11) is 3.08. The quantitative estimate of drug-likeness (QED) is 0.584. The third-order valence-electron chi connectivity index (χ3n) is 3.97. The summed E-state index contributed by atoms with van der Waals surface area (Å²) in [5.74, 6) is 0.674. The van der Waals surface area contributed by atoms with Gasteiger partial charge < -0.3 is 24.8 Å². The number of carbonyl (C=O) groups excluding carboxylic acids is 2. The second kappa shape index (κ2) is 8.41. The van der Waals surface area contributed by atoms with Gasteiger partial charge >= 0.3 is 12.0 Å². The molecule has 0 spiro atoms. The van der Waals surface area contributed by atoms with Gasteiger partial charge in [-0.15, -0.1) is 0 Å². The van der Waals surface area contributed by atoms with Crippen molar-refractivity contribution in [3.05, 3.63) is 35.0 Å². The number of nitrogens with one attached hydrogen (secondary N) is 2. The third-order valence-corrected chi connectivity index (χ3v) is 3.97.